The third-order valence-electron chi connectivity index (χ3n) is 4.86. The number of nitrogens with one attached hydrogen (secondary N) is 3. The highest BCUT2D eigenvalue weighted by atomic mass is 16.5. The molecule has 2 aliphatic heterocycles. The maximum atomic E-state index is 12.6. The Bertz CT molecular complexity index is 847. The van der Waals surface area contributed by atoms with Crippen LogP contribution in [0.5, 0.6) is 5.75 Å². The molecule has 0 aliphatic carbocycles. The number of hydrogen-bond acceptors (Lipinski definition) is 5. The van der Waals surface area contributed by atoms with Crippen LogP contribution >= 0.6 is 0 Å². The molecule has 8 nitrogen and oxygen atoms in total. The molecule has 2 aromatic rings. The molecular formula is C18H21N5O3. The van der Waals surface area contributed by atoms with Crippen molar-refractivity contribution in [2.24, 2.45) is 0 Å². The maximum Gasteiger partial charge on any atom is 0.272 e. The van der Waals surface area contributed by atoms with Crippen LogP contribution in [0.3, 0.4) is 0 Å². The molecule has 0 spiro atoms. The van der Waals surface area contributed by atoms with Crippen molar-refractivity contribution in [3.63, 3.8) is 0 Å². The van der Waals surface area contributed by atoms with E-state index in [0.717, 1.165) is 29.9 Å². The lowest BCUT2D eigenvalue weighted by atomic mass is 10.1. The van der Waals surface area contributed by atoms with E-state index < -0.39 is 0 Å². The van der Waals surface area contributed by atoms with Crippen molar-refractivity contribution in [1.29, 1.82) is 0 Å². The summed E-state index contributed by atoms with van der Waals surface area (Å²) in [6.07, 6.45) is 1.03. The second-order valence-electron chi connectivity index (χ2n) is 6.51. The second kappa shape index (κ2) is 6.80. The molecule has 2 amide bonds. The fourth-order valence-corrected chi connectivity index (χ4v) is 3.57. The van der Waals surface area contributed by atoms with Crippen LogP contribution in [0.2, 0.25) is 0 Å². The fraction of sp³-hybridized carbons (Fsp3) is 0.389. The van der Waals surface area contributed by atoms with Crippen LogP contribution < -0.4 is 20.3 Å². The number of carbonyl (C=O) groups is 2. The van der Waals surface area contributed by atoms with Crippen molar-refractivity contribution in [3.05, 3.63) is 41.2 Å². The van der Waals surface area contributed by atoms with Crippen molar-refractivity contribution >= 4 is 17.5 Å². The predicted octanol–water partition coefficient (Wildman–Crippen LogP) is 0.599. The number of aromatic amines is 1. The Morgan fingerprint density at radius 1 is 1.38 bits per heavy atom. The molecule has 4 rings (SSSR count). The van der Waals surface area contributed by atoms with Gasteiger partial charge in [-0.15, -0.1) is 0 Å². The van der Waals surface area contributed by atoms with E-state index in [-0.39, 0.29) is 24.3 Å². The molecule has 1 saturated heterocycles. The number of aromatic nitrogens is 2. The van der Waals surface area contributed by atoms with E-state index in [1.54, 1.807) is 12.0 Å². The summed E-state index contributed by atoms with van der Waals surface area (Å²) in [4.78, 5) is 26.7. The zero-order valence-electron chi connectivity index (χ0n) is 14.5. The molecule has 1 atom stereocenters. The Morgan fingerprint density at radius 2 is 2.23 bits per heavy atom. The van der Waals surface area contributed by atoms with Crippen molar-refractivity contribution in [2.75, 3.05) is 25.1 Å². The number of H-pyrrole nitrogens is 1. The van der Waals surface area contributed by atoms with Gasteiger partial charge in [0.2, 0.25) is 5.91 Å². The maximum absolute atomic E-state index is 12.6. The van der Waals surface area contributed by atoms with Gasteiger partial charge in [-0.3, -0.25) is 14.7 Å². The Kier molecular flexibility index (Phi) is 4.34. The number of para-hydroxylation sites is 2. The normalized spacial score (nSPS) is 19.3. The van der Waals surface area contributed by atoms with Gasteiger partial charge >= 0.3 is 0 Å². The molecule has 8 heteroatoms. The fourth-order valence-electron chi connectivity index (χ4n) is 3.57. The average molecular weight is 355 g/mol. The first kappa shape index (κ1) is 16.6. The van der Waals surface area contributed by atoms with Crippen LogP contribution in [-0.4, -0.2) is 48.3 Å². The van der Waals surface area contributed by atoms with E-state index in [9.17, 15) is 9.59 Å². The van der Waals surface area contributed by atoms with E-state index in [1.165, 1.54) is 0 Å². The van der Waals surface area contributed by atoms with E-state index in [2.05, 4.69) is 20.8 Å². The quantitative estimate of drug-likeness (QED) is 0.746. The smallest absolute Gasteiger partial charge is 0.272 e. The van der Waals surface area contributed by atoms with E-state index >= 15 is 0 Å². The van der Waals surface area contributed by atoms with Gasteiger partial charge in [-0.1, -0.05) is 12.1 Å². The molecule has 0 saturated carbocycles. The Morgan fingerprint density at radius 3 is 3.08 bits per heavy atom. The highest BCUT2D eigenvalue weighted by Crippen LogP contribution is 2.31. The standard InChI is InChI=1S/C18H21N5O3/c1-26-15-5-3-2-4-14(15)23-10-11(8-16(23)24)20-18(25)17-12-6-7-19-9-13(12)21-22-17/h2-5,11,19H,6-10H2,1H3,(H,20,25)(H,21,22). The van der Waals surface area contributed by atoms with Crippen molar-refractivity contribution in [1.82, 2.24) is 20.8 Å². The number of rotatable bonds is 4. The molecule has 3 heterocycles. The minimum absolute atomic E-state index is 0.0342. The summed E-state index contributed by atoms with van der Waals surface area (Å²) in [5, 5.41) is 13.3. The number of carbonyl (C=O) groups excluding carboxylic acids is 2. The summed E-state index contributed by atoms with van der Waals surface area (Å²) in [7, 11) is 1.58. The Hall–Kier alpha value is -2.87. The largest absolute Gasteiger partial charge is 0.495 e. The summed E-state index contributed by atoms with van der Waals surface area (Å²) in [5.41, 5.74) is 3.08. The molecular weight excluding hydrogens is 334 g/mol. The SMILES string of the molecule is COc1ccccc1N1CC(NC(=O)c2n[nH]c3c2CCNC3)CC1=O. The van der Waals surface area contributed by atoms with E-state index in [4.69, 9.17) is 4.74 Å². The predicted molar refractivity (Wildman–Crippen MR) is 95.2 cm³/mol. The third kappa shape index (κ3) is 2.92. The number of anilines is 1. The van der Waals surface area contributed by atoms with Gasteiger partial charge in [-0.2, -0.15) is 5.10 Å². The number of methoxy groups -OCH3 is 1. The van der Waals surface area contributed by atoms with Crippen LogP contribution in [0.4, 0.5) is 5.69 Å². The van der Waals surface area contributed by atoms with Gasteiger partial charge in [0.15, 0.2) is 5.69 Å². The first-order valence-corrected chi connectivity index (χ1v) is 8.68. The molecule has 0 bridgehead atoms. The summed E-state index contributed by atoms with van der Waals surface area (Å²) in [6, 6.07) is 7.13. The van der Waals surface area contributed by atoms with Gasteiger partial charge < -0.3 is 20.3 Å². The van der Waals surface area contributed by atoms with Crippen LogP contribution in [0.1, 0.15) is 28.2 Å². The number of hydrogen-bond donors (Lipinski definition) is 3. The van der Waals surface area contributed by atoms with E-state index in [1.807, 2.05) is 24.3 Å². The average Bonchev–Trinajstić information content (AvgIpc) is 3.25. The molecule has 2 aliphatic rings. The first-order valence-electron chi connectivity index (χ1n) is 8.68. The molecule has 0 radical (unpaired) electrons. The van der Waals surface area contributed by atoms with Gasteiger partial charge in [-0.05, 0) is 25.1 Å². The van der Waals surface area contributed by atoms with Crippen LogP contribution in [0.25, 0.3) is 0 Å². The van der Waals surface area contributed by atoms with Crippen molar-refractivity contribution < 1.29 is 14.3 Å². The van der Waals surface area contributed by atoms with Crippen LogP contribution in [0, 0.1) is 0 Å². The Balaban J connectivity index is 1.48. The lowest BCUT2D eigenvalue weighted by Crippen LogP contribution is -2.38. The van der Waals surface area contributed by atoms with Gasteiger partial charge in [0.05, 0.1) is 24.5 Å². The number of amides is 2. The number of ether oxygens (including phenoxy) is 1. The molecule has 26 heavy (non-hydrogen) atoms. The lowest BCUT2D eigenvalue weighted by Gasteiger charge is -2.19. The van der Waals surface area contributed by atoms with Gasteiger partial charge in [0, 0.05) is 25.1 Å². The van der Waals surface area contributed by atoms with Crippen LogP contribution in [-0.2, 0) is 17.8 Å². The first-order chi connectivity index (χ1) is 12.7. The molecule has 3 N–H and O–H groups in total. The second-order valence-corrected chi connectivity index (χ2v) is 6.51. The monoisotopic (exact) mass is 355 g/mol. The zero-order chi connectivity index (χ0) is 18.1. The van der Waals surface area contributed by atoms with Crippen molar-refractivity contribution in [2.45, 2.75) is 25.4 Å². The molecule has 136 valence electrons. The van der Waals surface area contributed by atoms with Crippen molar-refractivity contribution in [3.8, 4) is 5.75 Å². The highest BCUT2D eigenvalue weighted by molar-refractivity contribution is 5.99. The van der Waals surface area contributed by atoms with Gasteiger partial charge in [-0.25, -0.2) is 0 Å². The van der Waals surface area contributed by atoms with Gasteiger partial charge in [0.1, 0.15) is 5.75 Å². The van der Waals surface area contributed by atoms with E-state index in [0.29, 0.717) is 24.5 Å². The summed E-state index contributed by atoms with van der Waals surface area (Å²) < 4.78 is 5.34. The highest BCUT2D eigenvalue weighted by Gasteiger charge is 2.34. The molecule has 1 aromatic heterocycles. The number of fused-ring (bicyclic) bond motifs is 1. The van der Waals surface area contributed by atoms with Crippen LogP contribution in [0.15, 0.2) is 24.3 Å². The summed E-state index contributed by atoms with van der Waals surface area (Å²) in [5.74, 6) is 0.374. The third-order valence-corrected chi connectivity index (χ3v) is 4.86. The molecule has 1 unspecified atom stereocenters. The summed E-state index contributed by atoms with van der Waals surface area (Å²) in [6.45, 7) is 1.94. The lowest BCUT2D eigenvalue weighted by molar-refractivity contribution is -0.117. The minimum atomic E-state index is -0.256. The number of benzene rings is 1. The summed E-state index contributed by atoms with van der Waals surface area (Å²) >= 11 is 0. The minimum Gasteiger partial charge on any atom is -0.495 e. The Labute approximate surface area is 150 Å². The topological polar surface area (TPSA) is 99.3 Å². The number of nitrogens with zero attached hydrogens (tertiary/aromatic N) is 2. The van der Waals surface area contributed by atoms with Gasteiger partial charge in [0.25, 0.3) is 5.91 Å². The molecule has 1 fully saturated rings. The molecule has 1 aromatic carbocycles. The zero-order valence-corrected chi connectivity index (χ0v) is 14.5.